The molecule has 0 atom stereocenters. The number of nitrogens with zero attached hydrogens (tertiary/aromatic N) is 1. The number of phenols is 1. The molecular weight excluding hydrogens is 345 g/mol. The van der Waals surface area contributed by atoms with Gasteiger partial charge in [-0.25, -0.2) is 0 Å². The molecule has 0 amide bonds. The molecule has 0 saturated heterocycles. The fourth-order valence-electron chi connectivity index (χ4n) is 3.12. The van der Waals surface area contributed by atoms with Crippen molar-refractivity contribution in [2.75, 3.05) is 0 Å². The number of aromatic nitrogens is 1. The van der Waals surface area contributed by atoms with Crippen LogP contribution in [0.2, 0.25) is 10.0 Å². The first-order chi connectivity index (χ1) is 11.5. The molecule has 2 aromatic carbocycles. The zero-order chi connectivity index (χ0) is 16.9. The SMILES string of the molecule is O=C(c1cnc2ccccc2c1)C1(c2ccc(O)c(Cl)c2Cl)CC1. The number of Topliss-reactive ketones (excluding diaryl/α,β-unsaturated/α-hetero) is 1. The van der Waals surface area contributed by atoms with Crippen LogP contribution in [0.3, 0.4) is 0 Å². The number of phenolic OH excluding ortho intramolecular Hbond substituents is 1. The highest BCUT2D eigenvalue weighted by Crippen LogP contribution is 2.54. The fraction of sp³-hybridized carbons (Fsp3) is 0.158. The number of pyridine rings is 1. The molecule has 0 radical (unpaired) electrons. The molecule has 24 heavy (non-hydrogen) atoms. The molecule has 1 N–H and O–H groups in total. The summed E-state index contributed by atoms with van der Waals surface area (Å²) in [7, 11) is 0. The van der Waals surface area contributed by atoms with E-state index in [2.05, 4.69) is 4.98 Å². The highest BCUT2D eigenvalue weighted by molar-refractivity contribution is 6.43. The molecule has 3 nitrogen and oxygen atoms in total. The van der Waals surface area contributed by atoms with E-state index in [-0.39, 0.29) is 21.6 Å². The number of hydrogen-bond acceptors (Lipinski definition) is 3. The van der Waals surface area contributed by atoms with Gasteiger partial charge in [-0.1, -0.05) is 47.5 Å². The Morgan fingerprint density at radius 3 is 2.58 bits per heavy atom. The lowest BCUT2D eigenvalue weighted by Gasteiger charge is -2.17. The maximum atomic E-state index is 13.1. The van der Waals surface area contributed by atoms with Crippen LogP contribution in [0.5, 0.6) is 5.75 Å². The molecule has 120 valence electrons. The number of aromatic hydroxyl groups is 1. The summed E-state index contributed by atoms with van der Waals surface area (Å²) in [5.74, 6) is -0.0922. The Bertz CT molecular complexity index is 980. The van der Waals surface area contributed by atoms with E-state index < -0.39 is 5.41 Å². The summed E-state index contributed by atoms with van der Waals surface area (Å²) in [5.41, 5.74) is 1.42. The summed E-state index contributed by atoms with van der Waals surface area (Å²) >= 11 is 12.3. The van der Waals surface area contributed by atoms with Crippen LogP contribution < -0.4 is 0 Å². The molecule has 1 saturated carbocycles. The van der Waals surface area contributed by atoms with E-state index in [9.17, 15) is 9.90 Å². The lowest BCUT2D eigenvalue weighted by Crippen LogP contribution is -2.21. The first kappa shape index (κ1) is 15.4. The van der Waals surface area contributed by atoms with Gasteiger partial charge in [0.2, 0.25) is 0 Å². The highest BCUT2D eigenvalue weighted by Gasteiger charge is 2.52. The number of hydrogen-bond donors (Lipinski definition) is 1. The zero-order valence-corrected chi connectivity index (χ0v) is 14.1. The lowest BCUT2D eigenvalue weighted by atomic mass is 9.87. The average Bonchev–Trinajstić information content (AvgIpc) is 3.40. The van der Waals surface area contributed by atoms with Crippen LogP contribution in [-0.4, -0.2) is 15.9 Å². The summed E-state index contributed by atoms with van der Waals surface area (Å²) in [6, 6.07) is 12.7. The van der Waals surface area contributed by atoms with E-state index in [0.717, 1.165) is 10.9 Å². The van der Waals surface area contributed by atoms with Crippen LogP contribution in [0.1, 0.15) is 28.8 Å². The number of rotatable bonds is 3. The summed E-state index contributed by atoms with van der Waals surface area (Å²) in [4.78, 5) is 17.5. The van der Waals surface area contributed by atoms with E-state index in [1.54, 1.807) is 12.3 Å². The number of para-hydroxylation sites is 1. The third-order valence-electron chi connectivity index (χ3n) is 4.61. The van der Waals surface area contributed by atoms with E-state index in [4.69, 9.17) is 23.2 Å². The Labute approximate surface area is 148 Å². The van der Waals surface area contributed by atoms with Crippen LogP contribution in [0, 0.1) is 0 Å². The Balaban J connectivity index is 1.79. The molecule has 3 aromatic rings. The molecule has 1 aliphatic rings. The van der Waals surface area contributed by atoms with Crippen molar-refractivity contribution in [2.45, 2.75) is 18.3 Å². The van der Waals surface area contributed by atoms with Crippen molar-refractivity contribution in [3.05, 3.63) is 69.8 Å². The molecule has 0 spiro atoms. The van der Waals surface area contributed by atoms with Gasteiger partial charge in [-0.15, -0.1) is 0 Å². The lowest BCUT2D eigenvalue weighted by molar-refractivity contribution is 0.0946. The summed E-state index contributed by atoms with van der Waals surface area (Å²) in [6.45, 7) is 0. The van der Waals surface area contributed by atoms with Gasteiger partial charge in [0.25, 0.3) is 0 Å². The minimum absolute atomic E-state index is 0.00981. The van der Waals surface area contributed by atoms with Crippen LogP contribution in [0.15, 0.2) is 48.7 Å². The Kier molecular flexibility index (Phi) is 3.52. The molecule has 0 unspecified atom stereocenters. The average molecular weight is 358 g/mol. The standard InChI is InChI=1S/C19H13Cl2NO2/c20-16-13(5-6-15(23)17(16)21)19(7-8-19)18(24)12-9-11-3-1-2-4-14(11)22-10-12/h1-6,9-10,23H,7-8H2. The summed E-state index contributed by atoms with van der Waals surface area (Å²) in [5, 5.41) is 10.9. The third-order valence-corrected chi connectivity index (χ3v) is 5.49. The number of halogens is 2. The van der Waals surface area contributed by atoms with Gasteiger partial charge in [0.1, 0.15) is 10.8 Å². The minimum Gasteiger partial charge on any atom is -0.506 e. The first-order valence-electron chi connectivity index (χ1n) is 7.60. The van der Waals surface area contributed by atoms with Gasteiger partial charge in [0.05, 0.1) is 16.0 Å². The smallest absolute Gasteiger partial charge is 0.174 e. The second-order valence-electron chi connectivity index (χ2n) is 6.09. The van der Waals surface area contributed by atoms with Crippen molar-refractivity contribution in [3.8, 4) is 5.75 Å². The zero-order valence-electron chi connectivity index (χ0n) is 12.6. The van der Waals surface area contributed by atoms with Crippen LogP contribution in [-0.2, 0) is 5.41 Å². The van der Waals surface area contributed by atoms with Crippen molar-refractivity contribution in [3.63, 3.8) is 0 Å². The fourth-order valence-corrected chi connectivity index (χ4v) is 3.63. The van der Waals surface area contributed by atoms with Gasteiger partial charge in [-0.05, 0) is 36.6 Å². The summed E-state index contributed by atoms with van der Waals surface area (Å²) < 4.78 is 0. The van der Waals surface area contributed by atoms with Gasteiger partial charge >= 0.3 is 0 Å². The third kappa shape index (κ3) is 2.27. The molecule has 5 heteroatoms. The van der Waals surface area contributed by atoms with Crippen LogP contribution >= 0.6 is 23.2 Å². The number of carbonyl (C=O) groups excluding carboxylic acids is 1. The van der Waals surface area contributed by atoms with E-state index in [0.29, 0.717) is 24.0 Å². The molecule has 0 aliphatic heterocycles. The van der Waals surface area contributed by atoms with Gasteiger partial charge in [0.15, 0.2) is 5.78 Å². The maximum Gasteiger partial charge on any atom is 0.174 e. The highest BCUT2D eigenvalue weighted by atomic mass is 35.5. The van der Waals surface area contributed by atoms with Crippen molar-refractivity contribution >= 4 is 39.9 Å². The number of ketones is 1. The monoisotopic (exact) mass is 357 g/mol. The van der Waals surface area contributed by atoms with Gasteiger partial charge < -0.3 is 5.11 Å². The Hall–Kier alpha value is -2.10. The molecular formula is C19H13Cl2NO2. The van der Waals surface area contributed by atoms with Crippen molar-refractivity contribution in [1.82, 2.24) is 4.98 Å². The van der Waals surface area contributed by atoms with Gasteiger partial charge in [-0.3, -0.25) is 9.78 Å². The Morgan fingerprint density at radius 1 is 1.08 bits per heavy atom. The second kappa shape index (κ2) is 5.47. The topological polar surface area (TPSA) is 50.2 Å². The summed E-state index contributed by atoms with van der Waals surface area (Å²) in [6.07, 6.45) is 3.03. The predicted octanol–water partition coefficient (Wildman–Crippen LogP) is 5.16. The van der Waals surface area contributed by atoms with Crippen molar-refractivity contribution < 1.29 is 9.90 Å². The molecule has 0 bridgehead atoms. The Morgan fingerprint density at radius 2 is 1.83 bits per heavy atom. The number of fused-ring (bicyclic) bond motifs is 1. The number of benzene rings is 2. The second-order valence-corrected chi connectivity index (χ2v) is 6.84. The normalized spacial score (nSPS) is 15.4. The number of carbonyl (C=O) groups is 1. The minimum atomic E-state index is -0.668. The quantitative estimate of drug-likeness (QED) is 0.658. The first-order valence-corrected chi connectivity index (χ1v) is 8.35. The molecule has 1 aromatic heterocycles. The van der Waals surface area contributed by atoms with E-state index >= 15 is 0 Å². The van der Waals surface area contributed by atoms with Crippen LogP contribution in [0.4, 0.5) is 0 Å². The maximum absolute atomic E-state index is 13.1. The van der Waals surface area contributed by atoms with Gasteiger partial charge in [-0.2, -0.15) is 0 Å². The molecule has 1 aliphatic carbocycles. The van der Waals surface area contributed by atoms with Crippen molar-refractivity contribution in [1.29, 1.82) is 0 Å². The molecule has 1 fully saturated rings. The van der Waals surface area contributed by atoms with E-state index in [1.807, 2.05) is 30.3 Å². The predicted molar refractivity (Wildman–Crippen MR) is 95.1 cm³/mol. The largest absolute Gasteiger partial charge is 0.506 e. The van der Waals surface area contributed by atoms with Gasteiger partial charge in [0, 0.05) is 17.1 Å². The van der Waals surface area contributed by atoms with E-state index in [1.165, 1.54) is 6.07 Å². The molecule has 1 heterocycles. The molecule has 4 rings (SSSR count). The van der Waals surface area contributed by atoms with Crippen LogP contribution in [0.25, 0.3) is 10.9 Å². The van der Waals surface area contributed by atoms with Crippen molar-refractivity contribution in [2.24, 2.45) is 0 Å².